The predicted octanol–water partition coefficient (Wildman–Crippen LogP) is 5.81. The maximum Gasteiger partial charge on any atom is 0.339 e. The first-order chi connectivity index (χ1) is 12.6. The summed E-state index contributed by atoms with van der Waals surface area (Å²) in [6.45, 7) is 5.51. The molecule has 4 nitrogen and oxygen atoms in total. The van der Waals surface area contributed by atoms with E-state index in [1.807, 2.05) is 26.8 Å². The van der Waals surface area contributed by atoms with Crippen molar-refractivity contribution in [3.8, 4) is 0 Å². The SMILES string of the molecule is COC(=O)c1ccccc1Sc1c(Cl)ccc(Cl)c1/C=N/S(=O)C(C)(C)C. The number of halogens is 2. The average molecular weight is 444 g/mol. The molecular formula is C19H19Cl2NO3S2. The molecule has 0 fully saturated rings. The molecule has 8 heteroatoms. The summed E-state index contributed by atoms with van der Waals surface area (Å²) >= 11 is 14.0. The zero-order valence-corrected chi connectivity index (χ0v) is 18.4. The molecule has 0 radical (unpaired) electrons. The lowest BCUT2D eigenvalue weighted by molar-refractivity contribution is 0.0597. The molecule has 0 aliphatic heterocycles. The molecule has 0 heterocycles. The van der Waals surface area contributed by atoms with Crippen LogP contribution in [0.5, 0.6) is 0 Å². The molecule has 0 saturated carbocycles. The van der Waals surface area contributed by atoms with Crippen molar-refractivity contribution in [1.82, 2.24) is 0 Å². The molecule has 0 bridgehead atoms. The van der Waals surface area contributed by atoms with Gasteiger partial charge >= 0.3 is 5.97 Å². The molecule has 0 spiro atoms. The van der Waals surface area contributed by atoms with Gasteiger partial charge in [0, 0.05) is 21.6 Å². The molecule has 2 aromatic rings. The molecule has 0 saturated heterocycles. The summed E-state index contributed by atoms with van der Waals surface area (Å²) in [6, 6.07) is 10.4. The summed E-state index contributed by atoms with van der Waals surface area (Å²) in [5, 5.41) is 0.874. The lowest BCUT2D eigenvalue weighted by atomic mass is 10.2. The van der Waals surface area contributed by atoms with E-state index >= 15 is 0 Å². The van der Waals surface area contributed by atoms with E-state index in [9.17, 15) is 9.00 Å². The Bertz CT molecular complexity index is 908. The van der Waals surface area contributed by atoms with Gasteiger partial charge in [0.2, 0.25) is 0 Å². The highest BCUT2D eigenvalue weighted by atomic mass is 35.5. The number of hydrogen-bond donors (Lipinski definition) is 0. The second-order valence-corrected chi connectivity index (χ2v) is 10.3. The maximum atomic E-state index is 12.3. The van der Waals surface area contributed by atoms with Crippen molar-refractivity contribution < 1.29 is 13.7 Å². The van der Waals surface area contributed by atoms with E-state index < -0.39 is 21.7 Å². The van der Waals surface area contributed by atoms with Crippen molar-refractivity contribution in [1.29, 1.82) is 0 Å². The number of nitrogens with zero attached hydrogens (tertiary/aromatic N) is 1. The van der Waals surface area contributed by atoms with Gasteiger partial charge in [0.05, 0.1) is 27.5 Å². The normalized spacial score (nSPS) is 13.0. The van der Waals surface area contributed by atoms with E-state index in [4.69, 9.17) is 27.9 Å². The minimum Gasteiger partial charge on any atom is -0.465 e. The third kappa shape index (κ3) is 5.57. The largest absolute Gasteiger partial charge is 0.465 e. The molecule has 0 aliphatic rings. The maximum absolute atomic E-state index is 12.3. The van der Waals surface area contributed by atoms with E-state index in [-0.39, 0.29) is 0 Å². The fraction of sp³-hybridized carbons (Fsp3) is 0.263. The van der Waals surface area contributed by atoms with Crippen LogP contribution in [-0.2, 0) is 15.7 Å². The van der Waals surface area contributed by atoms with Crippen LogP contribution in [0.4, 0.5) is 0 Å². The van der Waals surface area contributed by atoms with Crippen molar-refractivity contribution >= 4 is 58.1 Å². The molecule has 144 valence electrons. The molecule has 2 aromatic carbocycles. The average Bonchev–Trinajstić information content (AvgIpc) is 2.63. The van der Waals surface area contributed by atoms with Gasteiger partial charge in [-0.25, -0.2) is 9.00 Å². The van der Waals surface area contributed by atoms with E-state index in [1.165, 1.54) is 25.1 Å². The number of benzene rings is 2. The molecule has 0 amide bonds. The lowest BCUT2D eigenvalue weighted by Gasteiger charge is -2.14. The number of esters is 1. The summed E-state index contributed by atoms with van der Waals surface area (Å²) in [5.74, 6) is -0.444. The van der Waals surface area contributed by atoms with Crippen LogP contribution in [0.3, 0.4) is 0 Å². The van der Waals surface area contributed by atoms with Gasteiger partial charge < -0.3 is 4.74 Å². The quantitative estimate of drug-likeness (QED) is 0.431. The summed E-state index contributed by atoms with van der Waals surface area (Å²) in [7, 11) is -0.107. The van der Waals surface area contributed by atoms with Crippen LogP contribution in [0.15, 0.2) is 50.6 Å². The number of carbonyl (C=O) groups is 1. The van der Waals surface area contributed by atoms with Crippen molar-refractivity contribution in [3.05, 3.63) is 57.6 Å². The molecular weight excluding hydrogens is 425 g/mol. The van der Waals surface area contributed by atoms with Crippen LogP contribution in [0.2, 0.25) is 10.0 Å². The number of carbonyl (C=O) groups excluding carboxylic acids is 1. The predicted molar refractivity (Wildman–Crippen MR) is 114 cm³/mol. The van der Waals surface area contributed by atoms with Gasteiger partial charge in [-0.15, -0.1) is 0 Å². The van der Waals surface area contributed by atoms with Crippen molar-refractivity contribution in [2.24, 2.45) is 4.40 Å². The van der Waals surface area contributed by atoms with Gasteiger partial charge in [-0.2, -0.15) is 4.40 Å². The Morgan fingerprint density at radius 3 is 2.41 bits per heavy atom. The number of rotatable bonds is 5. The Morgan fingerprint density at radius 1 is 1.15 bits per heavy atom. The fourth-order valence-corrected chi connectivity index (χ4v) is 4.10. The Kier molecular flexibility index (Phi) is 7.51. The Morgan fingerprint density at radius 2 is 1.78 bits per heavy atom. The zero-order valence-electron chi connectivity index (χ0n) is 15.3. The molecule has 2 rings (SSSR count). The zero-order chi connectivity index (χ0) is 20.2. The standard InChI is InChI=1S/C19H19Cl2NO3S2/c1-19(2,3)27(24)22-11-13-14(20)9-10-15(21)17(13)26-16-8-6-5-7-12(16)18(23)25-4/h5-11H,1-4H3/b22-11+. The third-order valence-electron chi connectivity index (χ3n) is 3.40. The van der Waals surface area contributed by atoms with Crippen molar-refractivity contribution in [3.63, 3.8) is 0 Å². The van der Waals surface area contributed by atoms with Crippen LogP contribution in [-0.4, -0.2) is 28.2 Å². The smallest absolute Gasteiger partial charge is 0.339 e. The van der Waals surface area contributed by atoms with E-state index in [0.29, 0.717) is 31.0 Å². The molecule has 1 unspecified atom stereocenters. The molecule has 27 heavy (non-hydrogen) atoms. The Hall–Kier alpha value is -1.34. The highest BCUT2D eigenvalue weighted by Gasteiger charge is 2.20. The van der Waals surface area contributed by atoms with Gasteiger partial charge in [-0.05, 0) is 45.0 Å². The van der Waals surface area contributed by atoms with E-state index in [2.05, 4.69) is 4.40 Å². The summed E-state index contributed by atoms with van der Waals surface area (Å²) in [6.07, 6.45) is 1.47. The molecule has 0 aliphatic carbocycles. The van der Waals surface area contributed by atoms with Crippen LogP contribution < -0.4 is 0 Å². The van der Waals surface area contributed by atoms with E-state index in [0.717, 1.165) is 0 Å². The number of hydrogen-bond acceptors (Lipinski definition) is 4. The van der Waals surface area contributed by atoms with Crippen molar-refractivity contribution in [2.75, 3.05) is 7.11 Å². The van der Waals surface area contributed by atoms with Gasteiger partial charge in [0.1, 0.15) is 11.0 Å². The summed E-state index contributed by atoms with van der Waals surface area (Å²) in [4.78, 5) is 13.3. The van der Waals surface area contributed by atoms with Gasteiger partial charge in [-0.3, -0.25) is 0 Å². The topological polar surface area (TPSA) is 55.7 Å². The second kappa shape index (κ2) is 9.24. The van der Waals surface area contributed by atoms with Crippen LogP contribution in [0.1, 0.15) is 36.7 Å². The minimum absolute atomic E-state index is 0.419. The minimum atomic E-state index is -1.44. The monoisotopic (exact) mass is 443 g/mol. The van der Waals surface area contributed by atoms with E-state index in [1.54, 1.807) is 30.3 Å². The van der Waals surface area contributed by atoms with Crippen LogP contribution in [0, 0.1) is 0 Å². The van der Waals surface area contributed by atoms with Gasteiger partial charge in [-0.1, -0.05) is 47.1 Å². The highest BCUT2D eigenvalue weighted by Crippen LogP contribution is 2.40. The van der Waals surface area contributed by atoms with Crippen LogP contribution >= 0.6 is 35.0 Å². The Balaban J connectivity index is 2.50. The van der Waals surface area contributed by atoms with Gasteiger partial charge in [0.25, 0.3) is 0 Å². The summed E-state index contributed by atoms with van der Waals surface area (Å²) in [5.41, 5.74) is 0.966. The van der Waals surface area contributed by atoms with Gasteiger partial charge in [0.15, 0.2) is 0 Å². The fourth-order valence-electron chi connectivity index (χ4n) is 1.98. The third-order valence-corrected chi connectivity index (χ3v) is 6.72. The highest BCUT2D eigenvalue weighted by molar-refractivity contribution is 7.99. The van der Waals surface area contributed by atoms with Crippen molar-refractivity contribution in [2.45, 2.75) is 35.3 Å². The molecule has 0 N–H and O–H groups in total. The number of methoxy groups -OCH3 is 1. The first-order valence-corrected chi connectivity index (χ1v) is 10.6. The Labute approximate surface area is 175 Å². The number of ether oxygens (including phenoxy) is 1. The molecule has 1 atom stereocenters. The lowest BCUT2D eigenvalue weighted by Crippen LogP contribution is -2.19. The first kappa shape index (κ1) is 22.0. The second-order valence-electron chi connectivity index (χ2n) is 6.46. The summed E-state index contributed by atoms with van der Waals surface area (Å²) < 4.78 is 20.7. The molecule has 0 aromatic heterocycles. The first-order valence-electron chi connectivity index (χ1n) is 7.94. The van der Waals surface area contributed by atoms with Crippen LogP contribution in [0.25, 0.3) is 0 Å².